The van der Waals surface area contributed by atoms with Crippen LogP contribution < -0.4 is 4.72 Å². The number of hydrogen-bond acceptors (Lipinski definition) is 3. The van der Waals surface area contributed by atoms with Gasteiger partial charge in [-0.15, -0.1) is 0 Å². The normalized spacial score (nSPS) is 20.4. The van der Waals surface area contributed by atoms with Crippen LogP contribution in [-0.4, -0.2) is 20.6 Å². The number of sulfonamides is 1. The molecular weight excluding hydrogens is 226 g/mol. The number of nitrogens with one attached hydrogen (secondary N) is 1. The van der Waals surface area contributed by atoms with Gasteiger partial charge in [0.1, 0.15) is 0 Å². The van der Waals surface area contributed by atoms with Crippen LogP contribution in [0.15, 0.2) is 0 Å². The van der Waals surface area contributed by atoms with E-state index in [9.17, 15) is 13.2 Å². The third kappa shape index (κ3) is 4.96. The first-order valence-corrected chi connectivity index (χ1v) is 7.78. The Balaban J connectivity index is 2.38. The van der Waals surface area contributed by atoms with Gasteiger partial charge in [0.05, 0.1) is 6.26 Å². The molecule has 5 heteroatoms. The minimum Gasteiger partial charge on any atom is -0.274 e. The summed E-state index contributed by atoms with van der Waals surface area (Å²) in [6, 6.07) is 0. The van der Waals surface area contributed by atoms with Crippen LogP contribution in [0.1, 0.15) is 45.4 Å². The maximum absolute atomic E-state index is 11.4. The molecule has 1 fully saturated rings. The third-order valence-corrected chi connectivity index (χ3v) is 3.86. The lowest BCUT2D eigenvalue weighted by atomic mass is 9.79. The van der Waals surface area contributed by atoms with E-state index in [1.807, 2.05) is 11.6 Å². The molecule has 0 aliphatic heterocycles. The van der Waals surface area contributed by atoms with Gasteiger partial charge in [0.15, 0.2) is 0 Å². The highest BCUT2D eigenvalue weighted by molar-refractivity contribution is 7.89. The van der Waals surface area contributed by atoms with Gasteiger partial charge in [-0.25, -0.2) is 8.42 Å². The summed E-state index contributed by atoms with van der Waals surface area (Å²) < 4.78 is 23.8. The topological polar surface area (TPSA) is 63.2 Å². The highest BCUT2D eigenvalue weighted by Crippen LogP contribution is 2.31. The fraction of sp³-hybridized carbons (Fsp3) is 0.909. The Bertz CT molecular complexity index is 331. The number of hydrogen-bond donors (Lipinski definition) is 1. The number of rotatable bonds is 4. The van der Waals surface area contributed by atoms with E-state index in [1.54, 1.807) is 0 Å². The van der Waals surface area contributed by atoms with Crippen molar-refractivity contribution in [2.45, 2.75) is 45.4 Å². The average molecular weight is 247 g/mol. The fourth-order valence-corrected chi connectivity index (χ4v) is 2.91. The fourth-order valence-electron chi connectivity index (χ4n) is 2.41. The van der Waals surface area contributed by atoms with Crippen LogP contribution in [0.5, 0.6) is 0 Å². The zero-order valence-corrected chi connectivity index (χ0v) is 10.8. The zero-order valence-electron chi connectivity index (χ0n) is 10.0. The van der Waals surface area contributed by atoms with Crippen molar-refractivity contribution in [3.63, 3.8) is 0 Å². The van der Waals surface area contributed by atoms with Crippen LogP contribution in [0.25, 0.3) is 0 Å². The molecule has 0 bridgehead atoms. The minimum atomic E-state index is -3.40. The van der Waals surface area contributed by atoms with Crippen molar-refractivity contribution in [1.82, 2.24) is 4.72 Å². The van der Waals surface area contributed by atoms with Crippen LogP contribution in [0.2, 0.25) is 0 Å². The Kier molecular flexibility index (Phi) is 4.77. The molecule has 0 aromatic rings. The minimum absolute atomic E-state index is 0.280. The molecule has 0 aromatic heterocycles. The van der Waals surface area contributed by atoms with Crippen LogP contribution >= 0.6 is 0 Å². The highest BCUT2D eigenvalue weighted by atomic mass is 32.2. The quantitative estimate of drug-likeness (QED) is 0.822. The molecule has 0 unspecified atom stereocenters. The van der Waals surface area contributed by atoms with Gasteiger partial charge in [0.25, 0.3) is 0 Å². The molecule has 1 aliphatic rings. The molecule has 94 valence electrons. The second-order valence-electron chi connectivity index (χ2n) is 4.88. The van der Waals surface area contributed by atoms with Crippen LogP contribution in [0, 0.1) is 11.8 Å². The monoisotopic (exact) mass is 247 g/mol. The molecule has 0 aromatic carbocycles. The van der Waals surface area contributed by atoms with Crippen LogP contribution in [0.4, 0.5) is 0 Å². The molecule has 16 heavy (non-hydrogen) atoms. The molecule has 0 radical (unpaired) electrons. The Labute approximate surface area is 97.9 Å². The summed E-state index contributed by atoms with van der Waals surface area (Å²) in [5.74, 6) is 0.488. The summed E-state index contributed by atoms with van der Waals surface area (Å²) in [6.45, 7) is 2.04. The lowest BCUT2D eigenvalue weighted by Crippen LogP contribution is -2.32. The molecule has 1 aliphatic carbocycles. The second-order valence-corrected chi connectivity index (χ2v) is 6.63. The Morgan fingerprint density at radius 1 is 1.31 bits per heavy atom. The first-order chi connectivity index (χ1) is 7.38. The molecule has 1 saturated carbocycles. The summed E-state index contributed by atoms with van der Waals surface area (Å²) in [5.41, 5.74) is 0. The second kappa shape index (κ2) is 5.66. The SMILES string of the molecule is C[C@@H](CC(=O)NS(C)(=O)=O)C1CCCCC1. The molecule has 1 N–H and O–H groups in total. The summed E-state index contributed by atoms with van der Waals surface area (Å²) >= 11 is 0. The standard InChI is InChI=1S/C11H21NO3S/c1-9(10-6-4-3-5-7-10)8-11(13)12-16(2,14)15/h9-10H,3-8H2,1-2H3,(H,12,13)/t9-/m0/s1. The van der Waals surface area contributed by atoms with Crippen molar-refractivity contribution in [1.29, 1.82) is 0 Å². The van der Waals surface area contributed by atoms with Gasteiger partial charge in [-0.1, -0.05) is 39.0 Å². The van der Waals surface area contributed by atoms with Crippen LogP contribution in [-0.2, 0) is 14.8 Å². The predicted octanol–water partition coefficient (Wildman–Crippen LogP) is 1.67. The maximum Gasteiger partial charge on any atom is 0.233 e. The molecule has 1 amide bonds. The van der Waals surface area contributed by atoms with E-state index in [2.05, 4.69) is 0 Å². The van der Waals surface area contributed by atoms with Gasteiger partial charge in [-0.2, -0.15) is 0 Å². The van der Waals surface area contributed by atoms with Gasteiger partial charge in [-0.05, 0) is 11.8 Å². The van der Waals surface area contributed by atoms with Crippen molar-refractivity contribution in [3.8, 4) is 0 Å². The van der Waals surface area contributed by atoms with Gasteiger partial charge >= 0.3 is 0 Å². The number of amides is 1. The Morgan fingerprint density at radius 3 is 2.38 bits per heavy atom. The van der Waals surface area contributed by atoms with Crippen molar-refractivity contribution in [2.24, 2.45) is 11.8 Å². The predicted molar refractivity (Wildman–Crippen MR) is 63.3 cm³/mol. The van der Waals surface area contributed by atoms with E-state index in [1.165, 1.54) is 32.1 Å². The van der Waals surface area contributed by atoms with E-state index >= 15 is 0 Å². The van der Waals surface area contributed by atoms with Gasteiger partial charge in [0, 0.05) is 6.42 Å². The summed E-state index contributed by atoms with van der Waals surface area (Å²) in [5, 5.41) is 0. The lowest BCUT2D eigenvalue weighted by Gasteiger charge is -2.27. The van der Waals surface area contributed by atoms with Gasteiger partial charge < -0.3 is 0 Å². The Morgan fingerprint density at radius 2 is 1.88 bits per heavy atom. The first-order valence-electron chi connectivity index (χ1n) is 5.89. The van der Waals surface area contributed by atoms with Crippen molar-refractivity contribution >= 4 is 15.9 Å². The largest absolute Gasteiger partial charge is 0.274 e. The molecular formula is C11H21NO3S. The third-order valence-electron chi connectivity index (χ3n) is 3.26. The molecule has 1 rings (SSSR count). The highest BCUT2D eigenvalue weighted by Gasteiger charge is 2.22. The molecule has 0 saturated heterocycles. The first kappa shape index (κ1) is 13.5. The number of carbonyl (C=O) groups is 1. The molecule has 1 atom stereocenters. The van der Waals surface area contributed by atoms with Crippen molar-refractivity contribution < 1.29 is 13.2 Å². The van der Waals surface area contributed by atoms with Gasteiger partial charge in [0.2, 0.25) is 15.9 Å². The van der Waals surface area contributed by atoms with E-state index in [0.29, 0.717) is 12.3 Å². The van der Waals surface area contributed by atoms with Gasteiger partial charge in [-0.3, -0.25) is 9.52 Å². The van der Waals surface area contributed by atoms with Crippen LogP contribution in [0.3, 0.4) is 0 Å². The van der Waals surface area contributed by atoms with Crippen molar-refractivity contribution in [3.05, 3.63) is 0 Å². The summed E-state index contributed by atoms with van der Waals surface area (Å²) in [4.78, 5) is 11.4. The van der Waals surface area contributed by atoms with E-state index in [-0.39, 0.29) is 11.8 Å². The summed E-state index contributed by atoms with van der Waals surface area (Å²) in [7, 11) is -3.40. The van der Waals surface area contributed by atoms with E-state index in [0.717, 1.165) is 6.26 Å². The number of carbonyl (C=O) groups excluding carboxylic acids is 1. The van der Waals surface area contributed by atoms with E-state index < -0.39 is 10.0 Å². The summed E-state index contributed by atoms with van der Waals surface area (Å²) in [6.07, 6.45) is 7.44. The molecule has 4 nitrogen and oxygen atoms in total. The van der Waals surface area contributed by atoms with E-state index in [4.69, 9.17) is 0 Å². The zero-order chi connectivity index (χ0) is 12.2. The van der Waals surface area contributed by atoms with Crippen molar-refractivity contribution in [2.75, 3.05) is 6.26 Å². The molecule has 0 heterocycles. The smallest absolute Gasteiger partial charge is 0.233 e. The lowest BCUT2D eigenvalue weighted by molar-refractivity contribution is -0.120. The Hall–Kier alpha value is -0.580. The maximum atomic E-state index is 11.4. The molecule has 0 spiro atoms. The average Bonchev–Trinajstić information content (AvgIpc) is 2.16.